The molecular weight excluding hydrogens is 724 g/mol. The molecule has 0 spiro atoms. The Morgan fingerprint density at radius 3 is 1.20 bits per heavy atom. The van der Waals surface area contributed by atoms with Gasteiger partial charge < -0.3 is 48.1 Å². The largest absolute Gasteiger partial charge is 0.480 e. The maximum absolute atomic E-state index is 13.9. The number of nitrogens with two attached hydrogens (primary N) is 1. The van der Waals surface area contributed by atoms with Crippen LogP contribution in [-0.4, -0.2) is 102 Å². The summed E-state index contributed by atoms with van der Waals surface area (Å²) >= 11 is 0. The minimum absolute atomic E-state index is 0.0568. The molecule has 17 nitrogen and oxygen atoms in total. The summed E-state index contributed by atoms with van der Waals surface area (Å²) in [6.07, 6.45) is 1.56. The Morgan fingerprint density at radius 1 is 0.482 bits per heavy atom. The van der Waals surface area contributed by atoms with Gasteiger partial charge in [0.2, 0.25) is 41.4 Å². The van der Waals surface area contributed by atoms with Crippen LogP contribution in [0, 0.1) is 35.5 Å². The van der Waals surface area contributed by atoms with E-state index in [1.807, 2.05) is 62.3 Å². The third kappa shape index (κ3) is 20.6. The van der Waals surface area contributed by atoms with Crippen LogP contribution < -0.4 is 43.0 Å². The quantitative estimate of drug-likeness (QED) is 0.0598. The number of carbonyl (C=O) groups excluding carboxylic acids is 7. The Balaban J connectivity index is 6.00. The van der Waals surface area contributed by atoms with Crippen LogP contribution in [0.5, 0.6) is 0 Å². The number of amides is 7. The maximum atomic E-state index is 13.9. The van der Waals surface area contributed by atoms with Crippen molar-refractivity contribution in [2.45, 2.75) is 151 Å². The minimum atomic E-state index is -1.21. The van der Waals surface area contributed by atoms with Gasteiger partial charge in [0.25, 0.3) is 0 Å². The highest BCUT2D eigenvalue weighted by Gasteiger charge is 2.34. The lowest BCUT2D eigenvalue weighted by atomic mass is 9.96. The number of rotatable bonds is 26. The Morgan fingerprint density at radius 2 is 0.839 bits per heavy atom. The summed E-state index contributed by atoms with van der Waals surface area (Å²) in [6.45, 7) is 21.0. The van der Waals surface area contributed by atoms with Gasteiger partial charge in [-0.15, -0.1) is 0 Å². The van der Waals surface area contributed by atoms with Crippen LogP contribution in [0.25, 0.3) is 0 Å². The molecule has 0 aliphatic rings. The predicted molar refractivity (Wildman–Crippen MR) is 213 cm³/mol. The number of carboxylic acid groups (broad SMARTS) is 1. The second-order valence-corrected chi connectivity index (χ2v) is 16.8. The van der Waals surface area contributed by atoms with Gasteiger partial charge >= 0.3 is 5.97 Å². The molecule has 10 N–H and O–H groups in total. The van der Waals surface area contributed by atoms with Crippen LogP contribution in [0.15, 0.2) is 0 Å². The third-order valence-corrected chi connectivity index (χ3v) is 8.99. The van der Waals surface area contributed by atoms with Gasteiger partial charge in [-0.1, -0.05) is 89.5 Å². The van der Waals surface area contributed by atoms with E-state index in [0.717, 1.165) is 0 Å². The fourth-order valence-electron chi connectivity index (χ4n) is 5.78. The van der Waals surface area contributed by atoms with E-state index in [9.17, 15) is 43.5 Å². The molecule has 17 heteroatoms. The summed E-state index contributed by atoms with van der Waals surface area (Å²) < 4.78 is 0. The lowest BCUT2D eigenvalue weighted by molar-refractivity contribution is -0.143. The van der Waals surface area contributed by atoms with Crippen molar-refractivity contribution in [2.75, 3.05) is 13.1 Å². The molecule has 0 saturated carbocycles. The van der Waals surface area contributed by atoms with E-state index in [1.165, 1.54) is 0 Å². The first-order valence-corrected chi connectivity index (χ1v) is 19.9. The normalized spacial score (nSPS) is 15.2. The average Bonchev–Trinajstić information content (AvgIpc) is 3.08. The molecule has 7 atom stereocenters. The highest BCUT2D eigenvalue weighted by Crippen LogP contribution is 2.13. The molecular formula is C39H72N8O9. The summed E-state index contributed by atoms with van der Waals surface area (Å²) in [5, 5.41) is 27.7. The number of aliphatic carboxylic acids is 1. The lowest BCUT2D eigenvalue weighted by Crippen LogP contribution is -2.60. The predicted octanol–water partition coefficient (Wildman–Crippen LogP) is 0.941. The van der Waals surface area contributed by atoms with Crippen LogP contribution in [0.3, 0.4) is 0 Å². The smallest absolute Gasteiger partial charge is 0.326 e. The second-order valence-electron chi connectivity index (χ2n) is 16.8. The molecule has 56 heavy (non-hydrogen) atoms. The Kier molecular flexibility index (Phi) is 23.8. The van der Waals surface area contributed by atoms with Gasteiger partial charge in [0, 0.05) is 0 Å². The van der Waals surface area contributed by atoms with Gasteiger partial charge in [-0.3, -0.25) is 33.6 Å². The summed E-state index contributed by atoms with van der Waals surface area (Å²) in [6, 6.07) is -6.23. The number of nitrogens with one attached hydrogen (secondary N) is 7. The van der Waals surface area contributed by atoms with E-state index in [-0.39, 0.29) is 55.4 Å². The molecule has 0 radical (unpaired) electrons. The molecule has 0 aromatic carbocycles. The first kappa shape index (κ1) is 51.7. The van der Waals surface area contributed by atoms with Gasteiger partial charge in [-0.05, 0) is 61.2 Å². The van der Waals surface area contributed by atoms with E-state index in [4.69, 9.17) is 5.73 Å². The van der Waals surface area contributed by atoms with Crippen molar-refractivity contribution in [1.82, 2.24) is 37.2 Å². The van der Waals surface area contributed by atoms with E-state index in [1.54, 1.807) is 20.8 Å². The number of hydrogen-bond donors (Lipinski definition) is 9. The Hall–Kier alpha value is -4.28. The van der Waals surface area contributed by atoms with Crippen LogP contribution >= 0.6 is 0 Å². The van der Waals surface area contributed by atoms with Crippen molar-refractivity contribution < 1.29 is 43.5 Å². The second kappa shape index (κ2) is 25.8. The molecule has 0 aliphatic carbocycles. The highest BCUT2D eigenvalue weighted by molar-refractivity contribution is 5.96. The van der Waals surface area contributed by atoms with Crippen LogP contribution in [0.1, 0.15) is 115 Å². The van der Waals surface area contributed by atoms with Gasteiger partial charge in [0.1, 0.15) is 30.2 Å². The van der Waals surface area contributed by atoms with Crippen LogP contribution in [-0.2, 0) is 38.4 Å². The molecule has 0 bridgehead atoms. The van der Waals surface area contributed by atoms with Crippen molar-refractivity contribution in [1.29, 1.82) is 0 Å². The van der Waals surface area contributed by atoms with Crippen molar-refractivity contribution >= 4 is 47.3 Å². The molecule has 0 aliphatic heterocycles. The van der Waals surface area contributed by atoms with Crippen molar-refractivity contribution in [3.8, 4) is 0 Å². The number of hydrogen-bond acceptors (Lipinski definition) is 9. The van der Waals surface area contributed by atoms with Gasteiger partial charge in [-0.25, -0.2) is 4.79 Å². The summed E-state index contributed by atoms with van der Waals surface area (Å²) in [5.41, 5.74) is 5.92. The molecule has 0 fully saturated rings. The topological polar surface area (TPSA) is 267 Å². The van der Waals surface area contributed by atoms with Crippen molar-refractivity contribution in [3.63, 3.8) is 0 Å². The fraction of sp³-hybridized carbons (Fsp3) is 0.795. The van der Waals surface area contributed by atoms with Gasteiger partial charge in [0.15, 0.2) is 0 Å². The Bertz CT molecular complexity index is 1320. The summed E-state index contributed by atoms with van der Waals surface area (Å²) in [4.78, 5) is 104. The van der Waals surface area contributed by atoms with Crippen molar-refractivity contribution in [3.05, 3.63) is 0 Å². The third-order valence-electron chi connectivity index (χ3n) is 8.99. The van der Waals surface area contributed by atoms with E-state index in [0.29, 0.717) is 12.8 Å². The molecule has 7 amide bonds. The van der Waals surface area contributed by atoms with Gasteiger partial charge in [-0.2, -0.15) is 0 Å². The van der Waals surface area contributed by atoms with E-state index in [2.05, 4.69) is 37.2 Å². The van der Waals surface area contributed by atoms with E-state index < -0.39 is 96.0 Å². The lowest BCUT2D eigenvalue weighted by Gasteiger charge is -2.29. The zero-order chi connectivity index (χ0) is 43.4. The summed E-state index contributed by atoms with van der Waals surface area (Å²) in [5.74, 6) is -6.29. The highest BCUT2D eigenvalue weighted by atomic mass is 16.4. The Labute approximate surface area is 333 Å². The summed E-state index contributed by atoms with van der Waals surface area (Å²) in [7, 11) is 0. The van der Waals surface area contributed by atoms with Crippen LogP contribution in [0.4, 0.5) is 0 Å². The fourth-order valence-corrected chi connectivity index (χ4v) is 5.78. The standard InChI is InChI=1S/C39H72N8O9/c1-13-25(12)33(47-31(49)18-41-34(50)26(40)14-20(2)3)38(54)45-29(17-23(8)9)37(53)44-28(16-22(6)7)36(52)43-27(15-21(4)5)35(51)42-19-30(48)46-32(24(10)11)39(55)56/h20-29,32-33H,13-19,40H2,1-12H3,(H,41,50)(H,42,51)(H,43,52)(H,44,53)(H,45,54)(H,46,48)(H,47,49)(H,55,56). The number of carboxylic acids is 1. The SMILES string of the molecule is CCC(C)C(NC(=O)CNC(=O)C(N)CC(C)C)C(=O)NC(CC(C)C)C(=O)NC(CC(C)C)C(=O)NC(CC(C)C)C(=O)NCC(=O)NC(C(=O)O)C(C)C. The number of carbonyl (C=O) groups is 8. The maximum Gasteiger partial charge on any atom is 0.326 e. The molecule has 0 aromatic rings. The average molecular weight is 797 g/mol. The molecule has 0 saturated heterocycles. The van der Waals surface area contributed by atoms with Gasteiger partial charge in [0.05, 0.1) is 19.1 Å². The van der Waals surface area contributed by atoms with E-state index >= 15 is 0 Å². The van der Waals surface area contributed by atoms with Crippen LogP contribution in [0.2, 0.25) is 0 Å². The minimum Gasteiger partial charge on any atom is -0.480 e. The molecule has 0 rings (SSSR count). The molecule has 7 unspecified atom stereocenters. The monoisotopic (exact) mass is 797 g/mol. The molecule has 322 valence electrons. The molecule has 0 aromatic heterocycles. The zero-order valence-electron chi connectivity index (χ0n) is 35.7. The van der Waals surface area contributed by atoms with Crippen molar-refractivity contribution in [2.24, 2.45) is 41.2 Å². The zero-order valence-corrected chi connectivity index (χ0v) is 35.7. The first-order valence-electron chi connectivity index (χ1n) is 19.9. The molecule has 0 heterocycles. The first-order chi connectivity index (χ1) is 25.9.